The second-order valence-corrected chi connectivity index (χ2v) is 7.95. The molecule has 1 aliphatic heterocycles. The van der Waals surface area contributed by atoms with Crippen molar-refractivity contribution in [1.29, 1.82) is 0 Å². The van der Waals surface area contributed by atoms with Crippen molar-refractivity contribution in [3.8, 4) is 11.5 Å². The standard InChI is InChI=1S/C23H24ClNO5/c1-4-30-18-11-15(7-10-17(18)26)20-19(21(27)14-5-8-16(24)9-6-14)22(28)23(29)25(20)12-13(2)3/h5-11,13,20,26-27H,4,12H2,1-3H3/t20-/m1/s1. The Morgan fingerprint density at radius 1 is 1.17 bits per heavy atom. The van der Waals surface area contributed by atoms with Crippen LogP contribution in [0.4, 0.5) is 0 Å². The molecule has 1 aliphatic rings. The van der Waals surface area contributed by atoms with E-state index in [1.165, 1.54) is 11.0 Å². The second kappa shape index (κ2) is 8.79. The van der Waals surface area contributed by atoms with Crippen LogP contribution in [0.5, 0.6) is 11.5 Å². The van der Waals surface area contributed by atoms with Crippen molar-refractivity contribution < 1.29 is 24.5 Å². The molecule has 0 bridgehead atoms. The Balaban J connectivity index is 2.20. The Labute approximate surface area is 180 Å². The van der Waals surface area contributed by atoms with Crippen molar-refractivity contribution >= 4 is 29.1 Å². The third kappa shape index (κ3) is 4.14. The number of ketones is 1. The summed E-state index contributed by atoms with van der Waals surface area (Å²) in [5.74, 6) is -1.39. The molecular formula is C23H24ClNO5. The smallest absolute Gasteiger partial charge is 0.295 e. The van der Waals surface area contributed by atoms with E-state index in [0.717, 1.165) is 0 Å². The van der Waals surface area contributed by atoms with Crippen LogP contribution < -0.4 is 4.74 Å². The summed E-state index contributed by atoms with van der Waals surface area (Å²) in [5.41, 5.74) is 0.943. The van der Waals surface area contributed by atoms with Crippen LogP contribution in [0.1, 0.15) is 37.9 Å². The number of aromatic hydroxyl groups is 1. The molecule has 0 spiro atoms. The number of benzene rings is 2. The van der Waals surface area contributed by atoms with E-state index in [9.17, 15) is 19.8 Å². The van der Waals surface area contributed by atoms with E-state index in [-0.39, 0.29) is 28.7 Å². The number of nitrogens with zero attached hydrogens (tertiary/aromatic N) is 1. The van der Waals surface area contributed by atoms with Crippen molar-refractivity contribution in [2.24, 2.45) is 5.92 Å². The van der Waals surface area contributed by atoms with E-state index >= 15 is 0 Å². The first-order chi connectivity index (χ1) is 14.2. The Bertz CT molecular complexity index is 997. The quantitative estimate of drug-likeness (QED) is 0.400. The molecule has 2 aromatic carbocycles. The van der Waals surface area contributed by atoms with Crippen LogP contribution in [0, 0.1) is 5.92 Å². The molecule has 1 saturated heterocycles. The van der Waals surface area contributed by atoms with Crippen molar-refractivity contribution in [2.75, 3.05) is 13.2 Å². The van der Waals surface area contributed by atoms with Gasteiger partial charge in [0.25, 0.3) is 11.7 Å². The number of phenolic OH excluding ortho intramolecular Hbond substituents is 1. The highest BCUT2D eigenvalue weighted by atomic mass is 35.5. The lowest BCUT2D eigenvalue weighted by atomic mass is 9.94. The van der Waals surface area contributed by atoms with Crippen LogP contribution >= 0.6 is 11.6 Å². The molecule has 7 heteroatoms. The first-order valence-electron chi connectivity index (χ1n) is 9.74. The average molecular weight is 430 g/mol. The van der Waals surface area contributed by atoms with Crippen LogP contribution in [0.3, 0.4) is 0 Å². The van der Waals surface area contributed by atoms with Gasteiger partial charge in [-0.15, -0.1) is 0 Å². The van der Waals surface area contributed by atoms with Gasteiger partial charge in [-0.3, -0.25) is 9.59 Å². The predicted octanol–water partition coefficient (Wildman–Crippen LogP) is 4.52. The minimum atomic E-state index is -0.803. The monoisotopic (exact) mass is 429 g/mol. The Kier molecular flexibility index (Phi) is 6.37. The number of rotatable bonds is 6. The molecule has 2 aromatic rings. The lowest BCUT2D eigenvalue weighted by Gasteiger charge is -2.27. The molecule has 0 radical (unpaired) electrons. The predicted molar refractivity (Wildman–Crippen MR) is 115 cm³/mol. The SMILES string of the molecule is CCOc1cc([C@@H]2C(=C(O)c3ccc(Cl)cc3)C(=O)C(=O)N2CC(C)C)ccc1O. The van der Waals surface area contributed by atoms with Gasteiger partial charge in [0, 0.05) is 17.1 Å². The van der Waals surface area contributed by atoms with E-state index in [4.69, 9.17) is 16.3 Å². The molecule has 30 heavy (non-hydrogen) atoms. The van der Waals surface area contributed by atoms with Crippen molar-refractivity contribution in [2.45, 2.75) is 26.8 Å². The first-order valence-corrected chi connectivity index (χ1v) is 10.1. The number of Topliss-reactive ketones (excluding diaryl/α,β-unsaturated/α-hetero) is 1. The summed E-state index contributed by atoms with van der Waals surface area (Å²) in [6.45, 7) is 6.35. The number of likely N-dealkylation sites (tertiary alicyclic amines) is 1. The number of carbonyl (C=O) groups excluding carboxylic acids is 2. The molecular weight excluding hydrogens is 406 g/mol. The molecule has 1 heterocycles. The number of halogens is 1. The lowest BCUT2D eigenvalue weighted by Crippen LogP contribution is -2.33. The van der Waals surface area contributed by atoms with Gasteiger partial charge < -0.3 is 19.8 Å². The molecule has 0 aliphatic carbocycles. The maximum absolute atomic E-state index is 12.9. The lowest BCUT2D eigenvalue weighted by molar-refractivity contribution is -0.140. The number of ether oxygens (including phenoxy) is 1. The van der Waals surface area contributed by atoms with Gasteiger partial charge in [-0.1, -0.05) is 31.5 Å². The molecule has 1 amide bonds. The number of amides is 1. The van der Waals surface area contributed by atoms with Crippen molar-refractivity contribution in [1.82, 2.24) is 4.90 Å². The third-order valence-corrected chi connectivity index (χ3v) is 5.07. The average Bonchev–Trinajstić information content (AvgIpc) is 2.94. The molecule has 0 saturated carbocycles. The highest BCUT2D eigenvalue weighted by molar-refractivity contribution is 6.46. The zero-order valence-electron chi connectivity index (χ0n) is 17.1. The van der Waals surface area contributed by atoms with Crippen LogP contribution in [0.15, 0.2) is 48.0 Å². The molecule has 1 fully saturated rings. The van der Waals surface area contributed by atoms with Gasteiger partial charge >= 0.3 is 0 Å². The van der Waals surface area contributed by atoms with Gasteiger partial charge in [-0.25, -0.2) is 0 Å². The van der Waals surface area contributed by atoms with Crippen molar-refractivity contribution in [3.63, 3.8) is 0 Å². The summed E-state index contributed by atoms with van der Waals surface area (Å²) >= 11 is 5.93. The zero-order chi connectivity index (χ0) is 22.0. The third-order valence-electron chi connectivity index (χ3n) is 4.82. The Hall–Kier alpha value is -2.99. The van der Waals surface area contributed by atoms with Gasteiger partial charge in [-0.05, 0) is 54.8 Å². The highest BCUT2D eigenvalue weighted by Gasteiger charge is 2.46. The van der Waals surface area contributed by atoms with Gasteiger partial charge in [0.05, 0.1) is 18.2 Å². The summed E-state index contributed by atoms with van der Waals surface area (Å²) in [6, 6.07) is 10.3. The van der Waals surface area contributed by atoms with Crippen LogP contribution in [-0.2, 0) is 9.59 Å². The summed E-state index contributed by atoms with van der Waals surface area (Å²) in [6.07, 6.45) is 0. The van der Waals surface area contributed by atoms with Gasteiger partial charge in [0.15, 0.2) is 11.5 Å². The largest absolute Gasteiger partial charge is 0.507 e. The fourth-order valence-electron chi connectivity index (χ4n) is 3.54. The molecule has 0 unspecified atom stereocenters. The van der Waals surface area contributed by atoms with Crippen molar-refractivity contribution in [3.05, 3.63) is 64.2 Å². The van der Waals surface area contributed by atoms with E-state index < -0.39 is 17.7 Å². The first kappa shape index (κ1) is 21.7. The normalized spacial score (nSPS) is 18.3. The van der Waals surface area contributed by atoms with E-state index in [2.05, 4.69) is 0 Å². The van der Waals surface area contributed by atoms with Gasteiger partial charge in [-0.2, -0.15) is 0 Å². The fourth-order valence-corrected chi connectivity index (χ4v) is 3.67. The highest BCUT2D eigenvalue weighted by Crippen LogP contribution is 2.42. The molecule has 1 atom stereocenters. The molecule has 0 aromatic heterocycles. The van der Waals surface area contributed by atoms with Crippen LogP contribution in [-0.4, -0.2) is 40.0 Å². The maximum atomic E-state index is 12.9. The summed E-state index contributed by atoms with van der Waals surface area (Å²) in [7, 11) is 0. The Morgan fingerprint density at radius 2 is 1.83 bits per heavy atom. The summed E-state index contributed by atoms with van der Waals surface area (Å²) < 4.78 is 5.47. The van der Waals surface area contributed by atoms with E-state index in [1.807, 2.05) is 13.8 Å². The number of hydrogen-bond acceptors (Lipinski definition) is 5. The van der Waals surface area contributed by atoms with Gasteiger partial charge in [0.2, 0.25) is 0 Å². The fraction of sp³-hybridized carbons (Fsp3) is 0.304. The molecule has 2 N–H and O–H groups in total. The number of phenols is 1. The minimum absolute atomic E-state index is 0.00360. The Morgan fingerprint density at radius 3 is 2.43 bits per heavy atom. The summed E-state index contributed by atoms with van der Waals surface area (Å²) in [4.78, 5) is 27.2. The maximum Gasteiger partial charge on any atom is 0.295 e. The zero-order valence-corrected chi connectivity index (χ0v) is 17.8. The van der Waals surface area contributed by atoms with E-state index in [1.54, 1.807) is 43.3 Å². The van der Waals surface area contributed by atoms with E-state index in [0.29, 0.717) is 29.3 Å². The number of carbonyl (C=O) groups is 2. The summed E-state index contributed by atoms with van der Waals surface area (Å²) in [5, 5.41) is 21.5. The molecule has 3 rings (SSSR count). The second-order valence-electron chi connectivity index (χ2n) is 7.51. The number of hydrogen-bond donors (Lipinski definition) is 2. The molecule has 158 valence electrons. The molecule has 6 nitrogen and oxygen atoms in total. The topological polar surface area (TPSA) is 87.1 Å². The minimum Gasteiger partial charge on any atom is -0.507 e. The van der Waals surface area contributed by atoms with Gasteiger partial charge in [0.1, 0.15) is 5.76 Å². The number of aliphatic hydroxyl groups is 1. The van der Waals surface area contributed by atoms with Crippen LogP contribution in [0.2, 0.25) is 5.02 Å². The van der Waals surface area contributed by atoms with Crippen LogP contribution in [0.25, 0.3) is 5.76 Å². The number of aliphatic hydroxyl groups excluding tert-OH is 1.